The van der Waals surface area contributed by atoms with Gasteiger partial charge in [-0.1, -0.05) is 49.2 Å². The zero-order valence-electron chi connectivity index (χ0n) is 22.0. The molecule has 1 aromatic heterocycles. The highest BCUT2D eigenvalue weighted by Crippen LogP contribution is 2.42. The molecule has 2 heterocycles. The van der Waals surface area contributed by atoms with Crippen LogP contribution in [0.3, 0.4) is 0 Å². The van der Waals surface area contributed by atoms with Gasteiger partial charge in [0.15, 0.2) is 6.29 Å². The number of rotatable bonds is 7. The van der Waals surface area contributed by atoms with Gasteiger partial charge in [0.05, 0.1) is 24.8 Å². The highest BCUT2D eigenvalue weighted by atomic mass is 35.5. The van der Waals surface area contributed by atoms with Gasteiger partial charge < -0.3 is 19.5 Å². The number of pyridine rings is 1. The van der Waals surface area contributed by atoms with Crippen LogP contribution in [0.2, 0.25) is 10.0 Å². The van der Waals surface area contributed by atoms with Crippen LogP contribution >= 0.6 is 23.2 Å². The Balaban J connectivity index is 0.000000465. The molecule has 4 rings (SSSR count). The fourth-order valence-corrected chi connectivity index (χ4v) is 4.20. The van der Waals surface area contributed by atoms with Crippen LogP contribution in [-0.2, 0) is 34.0 Å². The molecule has 0 atom stereocenters. The maximum absolute atomic E-state index is 9.82. The van der Waals surface area contributed by atoms with Crippen LogP contribution in [0.15, 0.2) is 30.3 Å². The quantitative estimate of drug-likeness (QED) is 0.288. The number of anilines is 1. The smallest absolute Gasteiger partial charge is 0.303 e. The van der Waals surface area contributed by atoms with Crippen molar-refractivity contribution in [1.29, 1.82) is 0 Å². The third kappa shape index (κ3) is 7.71. The fraction of sp³-hybridized carbons (Fsp3) is 0.370. The van der Waals surface area contributed by atoms with E-state index in [4.69, 9.17) is 37.7 Å². The minimum Gasteiger partial charge on any atom is -0.497 e. The number of esters is 1. The van der Waals surface area contributed by atoms with Gasteiger partial charge in [0.25, 0.3) is 0 Å². The number of aromatic nitrogens is 1. The average Bonchev–Trinajstić information content (AvgIpc) is 3.31. The van der Waals surface area contributed by atoms with E-state index in [-0.39, 0.29) is 6.61 Å². The predicted molar refractivity (Wildman–Crippen MR) is 148 cm³/mol. The van der Waals surface area contributed by atoms with Gasteiger partial charge in [-0.15, -0.1) is 0 Å². The lowest BCUT2D eigenvalue weighted by molar-refractivity contribution is -0.143. The Kier molecular flexibility index (Phi) is 11.9. The van der Waals surface area contributed by atoms with Gasteiger partial charge in [-0.05, 0) is 36.4 Å². The Labute approximate surface area is 227 Å². The molecule has 1 aliphatic heterocycles. The molecule has 0 saturated heterocycles. The van der Waals surface area contributed by atoms with Crippen LogP contribution in [0.5, 0.6) is 11.5 Å². The summed E-state index contributed by atoms with van der Waals surface area (Å²) in [5.74, 6) is 1.82. The van der Waals surface area contributed by atoms with Crippen molar-refractivity contribution >= 4 is 52.2 Å². The van der Waals surface area contributed by atoms with E-state index < -0.39 is 5.97 Å². The van der Waals surface area contributed by atoms with E-state index in [1.54, 1.807) is 14.2 Å². The van der Waals surface area contributed by atoms with Gasteiger partial charge >= 0.3 is 5.97 Å². The van der Waals surface area contributed by atoms with Gasteiger partial charge in [0.1, 0.15) is 28.9 Å². The Morgan fingerprint density at radius 3 is 2.27 bits per heavy atom. The largest absolute Gasteiger partial charge is 0.497 e. The molecule has 37 heavy (non-hydrogen) atoms. The standard InChI is InChI=1S/C21H21Cl2N3O2.C4H6O3.C2H6/c1-26-10-15-14-8-17(28-3)18(22)19(23)20(14)25-21(16(15)11-26)24-9-12-4-6-13(27-2)7-5-12;1-4(6)7-3-2-5;1-2/h4-8H,9-11H2,1-3H3,(H,24,25);2H,3H2,1H3;1-2H3. The summed E-state index contributed by atoms with van der Waals surface area (Å²) in [6.07, 6.45) is 0.529. The first-order chi connectivity index (χ1) is 17.8. The molecular formula is C27H33Cl2N3O5. The summed E-state index contributed by atoms with van der Waals surface area (Å²) in [5.41, 5.74) is 4.23. The van der Waals surface area contributed by atoms with Crippen molar-refractivity contribution in [2.24, 2.45) is 0 Å². The summed E-state index contributed by atoms with van der Waals surface area (Å²) in [6, 6.07) is 9.90. The van der Waals surface area contributed by atoms with E-state index >= 15 is 0 Å². The number of halogens is 2. The molecule has 0 fully saturated rings. The lowest BCUT2D eigenvalue weighted by Crippen LogP contribution is -2.09. The van der Waals surface area contributed by atoms with Crippen molar-refractivity contribution < 1.29 is 23.8 Å². The molecule has 0 saturated carbocycles. The fourth-order valence-electron chi connectivity index (χ4n) is 3.74. The molecule has 1 N–H and O–H groups in total. The molecule has 0 radical (unpaired) electrons. The third-order valence-electron chi connectivity index (χ3n) is 5.40. The zero-order chi connectivity index (χ0) is 27.5. The van der Waals surface area contributed by atoms with Gasteiger partial charge in [-0.3, -0.25) is 14.5 Å². The van der Waals surface area contributed by atoms with E-state index in [9.17, 15) is 9.59 Å². The SMILES string of the molecule is CC.CC(=O)OCC=O.COc1ccc(CNc2nc3c(Cl)c(Cl)c(OC)cc3c3c2CN(C)C3)cc1. The van der Waals surface area contributed by atoms with Crippen molar-refractivity contribution in [3.63, 3.8) is 0 Å². The molecule has 8 nitrogen and oxygen atoms in total. The van der Waals surface area contributed by atoms with Gasteiger partial charge in [0, 0.05) is 37.5 Å². The third-order valence-corrected chi connectivity index (χ3v) is 6.24. The molecule has 1 aliphatic rings. The lowest BCUT2D eigenvalue weighted by Gasteiger charge is -2.15. The maximum atomic E-state index is 9.82. The molecule has 0 spiro atoms. The van der Waals surface area contributed by atoms with Crippen molar-refractivity contribution in [3.05, 3.63) is 57.1 Å². The Bertz CT molecular complexity index is 1220. The Hall–Kier alpha value is -3.07. The molecule has 200 valence electrons. The van der Waals surface area contributed by atoms with E-state index in [0.717, 1.165) is 35.6 Å². The number of benzene rings is 2. The number of methoxy groups -OCH3 is 2. The highest BCUT2D eigenvalue weighted by molar-refractivity contribution is 6.46. The molecule has 2 aromatic carbocycles. The minimum atomic E-state index is -0.424. The predicted octanol–water partition coefficient (Wildman–Crippen LogP) is 5.89. The molecule has 0 amide bonds. The number of fused-ring (bicyclic) bond motifs is 3. The van der Waals surface area contributed by atoms with Crippen molar-refractivity contribution in [2.75, 3.05) is 33.2 Å². The maximum Gasteiger partial charge on any atom is 0.303 e. The van der Waals surface area contributed by atoms with Gasteiger partial charge in [0.2, 0.25) is 0 Å². The van der Waals surface area contributed by atoms with Gasteiger partial charge in [-0.2, -0.15) is 0 Å². The van der Waals surface area contributed by atoms with E-state index in [1.165, 1.54) is 18.1 Å². The van der Waals surface area contributed by atoms with Crippen LogP contribution in [0.25, 0.3) is 10.9 Å². The van der Waals surface area contributed by atoms with Crippen LogP contribution in [0.4, 0.5) is 5.82 Å². The van der Waals surface area contributed by atoms with E-state index in [1.807, 2.05) is 44.2 Å². The number of nitrogens with one attached hydrogen (secondary N) is 1. The van der Waals surface area contributed by atoms with Crippen LogP contribution in [-0.4, -0.2) is 50.0 Å². The van der Waals surface area contributed by atoms with Crippen molar-refractivity contribution in [1.82, 2.24) is 9.88 Å². The number of hydrogen-bond acceptors (Lipinski definition) is 8. The number of carbonyl (C=O) groups is 2. The summed E-state index contributed by atoms with van der Waals surface area (Å²) < 4.78 is 14.8. The molecular weight excluding hydrogens is 517 g/mol. The number of ether oxygens (including phenoxy) is 3. The van der Waals surface area contributed by atoms with Crippen molar-refractivity contribution in [3.8, 4) is 11.5 Å². The van der Waals surface area contributed by atoms with Crippen LogP contribution < -0.4 is 14.8 Å². The van der Waals surface area contributed by atoms with E-state index in [0.29, 0.717) is 34.1 Å². The Morgan fingerprint density at radius 2 is 1.73 bits per heavy atom. The molecule has 10 heteroatoms. The topological polar surface area (TPSA) is 90.0 Å². The van der Waals surface area contributed by atoms with E-state index in [2.05, 4.69) is 22.0 Å². The van der Waals surface area contributed by atoms with Crippen LogP contribution in [0, 0.1) is 0 Å². The van der Waals surface area contributed by atoms with Gasteiger partial charge in [-0.25, -0.2) is 4.98 Å². The summed E-state index contributed by atoms with van der Waals surface area (Å²) in [6.45, 7) is 7.43. The Morgan fingerprint density at radius 1 is 1.08 bits per heavy atom. The lowest BCUT2D eigenvalue weighted by atomic mass is 10.0. The first-order valence-electron chi connectivity index (χ1n) is 11.8. The summed E-state index contributed by atoms with van der Waals surface area (Å²) in [7, 11) is 5.34. The van der Waals surface area contributed by atoms with Crippen LogP contribution in [0.1, 0.15) is 37.5 Å². The molecule has 0 bridgehead atoms. The number of aldehydes is 1. The normalized spacial score (nSPS) is 11.9. The van der Waals surface area contributed by atoms with Crippen molar-refractivity contribution in [2.45, 2.75) is 40.4 Å². The minimum absolute atomic E-state index is 0.130. The summed E-state index contributed by atoms with van der Waals surface area (Å²) in [5, 5.41) is 5.27. The monoisotopic (exact) mass is 549 g/mol. The molecule has 0 aliphatic carbocycles. The first-order valence-corrected chi connectivity index (χ1v) is 12.5. The second kappa shape index (κ2) is 14.6. The average molecular weight is 550 g/mol. The number of carbonyl (C=O) groups excluding carboxylic acids is 2. The second-order valence-electron chi connectivity index (χ2n) is 7.86. The summed E-state index contributed by atoms with van der Waals surface area (Å²) in [4.78, 5) is 26.3. The number of nitrogens with zero attached hydrogens (tertiary/aromatic N) is 2. The second-order valence-corrected chi connectivity index (χ2v) is 8.62. The first kappa shape index (κ1) is 30.2. The molecule has 0 unspecified atom stereocenters. The summed E-state index contributed by atoms with van der Waals surface area (Å²) >= 11 is 12.9. The number of hydrogen-bond donors (Lipinski definition) is 1. The highest BCUT2D eigenvalue weighted by Gasteiger charge is 2.25. The zero-order valence-corrected chi connectivity index (χ0v) is 23.5. The molecule has 3 aromatic rings.